The van der Waals surface area contributed by atoms with Crippen molar-refractivity contribution in [3.05, 3.63) is 52.6 Å². The molecule has 0 saturated carbocycles. The van der Waals surface area contributed by atoms with Crippen molar-refractivity contribution in [2.24, 2.45) is 0 Å². The van der Waals surface area contributed by atoms with Gasteiger partial charge >= 0.3 is 0 Å². The zero-order valence-electron chi connectivity index (χ0n) is 15.1. The molecule has 0 aliphatic carbocycles. The molecule has 140 valence electrons. The van der Waals surface area contributed by atoms with E-state index in [0.29, 0.717) is 21.5 Å². The third-order valence-electron chi connectivity index (χ3n) is 4.85. The molecular formula is C21H21NO3S2. The van der Waals surface area contributed by atoms with E-state index in [0.717, 1.165) is 37.2 Å². The molecule has 1 aromatic carbocycles. The Bertz CT molecular complexity index is 896. The van der Waals surface area contributed by atoms with Gasteiger partial charge in [-0.2, -0.15) is 0 Å². The van der Waals surface area contributed by atoms with Crippen LogP contribution in [0.15, 0.2) is 45.7 Å². The molecule has 1 unspecified atom stereocenters. The van der Waals surface area contributed by atoms with Gasteiger partial charge in [-0.3, -0.25) is 9.69 Å². The largest absolute Gasteiger partial charge is 0.457 e. The van der Waals surface area contributed by atoms with Crippen LogP contribution in [0.3, 0.4) is 0 Å². The van der Waals surface area contributed by atoms with E-state index < -0.39 is 0 Å². The lowest BCUT2D eigenvalue weighted by Gasteiger charge is -2.18. The number of thiocarbonyl (C=S) groups is 1. The maximum absolute atomic E-state index is 12.7. The number of carbonyl (C=O) groups excluding carboxylic acids is 1. The van der Waals surface area contributed by atoms with Crippen molar-refractivity contribution in [3.8, 4) is 11.3 Å². The van der Waals surface area contributed by atoms with Gasteiger partial charge < -0.3 is 9.15 Å². The summed E-state index contributed by atoms with van der Waals surface area (Å²) in [6, 6.07) is 12.1. The van der Waals surface area contributed by atoms with Crippen molar-refractivity contribution >= 4 is 40.3 Å². The van der Waals surface area contributed by atoms with Crippen molar-refractivity contribution in [1.82, 2.24) is 4.90 Å². The summed E-state index contributed by atoms with van der Waals surface area (Å²) >= 11 is 6.73. The molecule has 2 saturated heterocycles. The highest BCUT2D eigenvalue weighted by molar-refractivity contribution is 8.26. The Hall–Kier alpha value is -1.89. The fourth-order valence-corrected chi connectivity index (χ4v) is 4.68. The van der Waals surface area contributed by atoms with Gasteiger partial charge in [-0.15, -0.1) is 0 Å². The minimum Gasteiger partial charge on any atom is -0.457 e. The van der Waals surface area contributed by atoms with Gasteiger partial charge in [0.25, 0.3) is 5.91 Å². The Morgan fingerprint density at radius 3 is 2.93 bits per heavy atom. The number of nitrogens with zero attached hydrogens (tertiary/aromatic N) is 1. The molecule has 0 radical (unpaired) electrons. The summed E-state index contributed by atoms with van der Waals surface area (Å²) in [5.41, 5.74) is 2.33. The number of amides is 1. The van der Waals surface area contributed by atoms with Crippen LogP contribution >= 0.6 is 24.0 Å². The SMILES string of the molecule is CCc1ccccc1-c1ccc(/C=C2\SC(=S)N(CC3CCCO3)C2=O)o1. The molecule has 1 aromatic heterocycles. The standard InChI is InChI=1S/C21H21NO3S2/c1-2-14-6-3-4-8-17(14)18-10-9-15(25-18)12-19-20(23)22(21(26)27-19)13-16-7-5-11-24-16/h3-4,6,8-10,12,16H,2,5,7,11,13H2,1H3/b19-12-. The van der Waals surface area contributed by atoms with Crippen LogP contribution in [0.1, 0.15) is 31.1 Å². The first-order chi connectivity index (χ1) is 13.2. The predicted molar refractivity (Wildman–Crippen MR) is 112 cm³/mol. The smallest absolute Gasteiger partial charge is 0.266 e. The maximum Gasteiger partial charge on any atom is 0.266 e. The highest BCUT2D eigenvalue weighted by Crippen LogP contribution is 2.34. The zero-order valence-corrected chi connectivity index (χ0v) is 16.8. The van der Waals surface area contributed by atoms with E-state index in [1.54, 1.807) is 11.0 Å². The number of hydrogen-bond acceptors (Lipinski definition) is 5. The van der Waals surface area contributed by atoms with E-state index in [-0.39, 0.29) is 12.0 Å². The van der Waals surface area contributed by atoms with Crippen LogP contribution < -0.4 is 0 Å². The summed E-state index contributed by atoms with van der Waals surface area (Å²) in [4.78, 5) is 15.0. The molecule has 2 aliphatic heterocycles. The number of hydrogen-bond donors (Lipinski definition) is 0. The fraction of sp³-hybridized carbons (Fsp3) is 0.333. The third kappa shape index (κ3) is 3.88. The number of rotatable bonds is 5. The summed E-state index contributed by atoms with van der Waals surface area (Å²) < 4.78 is 12.2. The van der Waals surface area contributed by atoms with E-state index in [1.165, 1.54) is 17.3 Å². The van der Waals surface area contributed by atoms with Crippen LogP contribution in [0.25, 0.3) is 17.4 Å². The van der Waals surface area contributed by atoms with E-state index in [9.17, 15) is 4.79 Å². The van der Waals surface area contributed by atoms with Gasteiger partial charge in [-0.25, -0.2) is 0 Å². The third-order valence-corrected chi connectivity index (χ3v) is 6.23. The van der Waals surface area contributed by atoms with Crippen molar-refractivity contribution in [2.75, 3.05) is 13.2 Å². The first kappa shape index (κ1) is 18.5. The number of ether oxygens (including phenoxy) is 1. The predicted octanol–water partition coefficient (Wildman–Crippen LogP) is 4.89. The summed E-state index contributed by atoms with van der Waals surface area (Å²) in [6.45, 7) is 3.43. The molecule has 2 aromatic rings. The Morgan fingerprint density at radius 2 is 2.15 bits per heavy atom. The fourth-order valence-electron chi connectivity index (χ4n) is 3.42. The molecule has 6 heteroatoms. The van der Waals surface area contributed by atoms with E-state index in [4.69, 9.17) is 21.4 Å². The van der Waals surface area contributed by atoms with Crippen LogP contribution in [0.5, 0.6) is 0 Å². The average molecular weight is 400 g/mol. The second kappa shape index (κ2) is 8.00. The molecular weight excluding hydrogens is 378 g/mol. The van der Waals surface area contributed by atoms with Crippen LogP contribution in [0.2, 0.25) is 0 Å². The monoisotopic (exact) mass is 399 g/mol. The van der Waals surface area contributed by atoms with Crippen LogP contribution in [-0.2, 0) is 16.0 Å². The number of aryl methyl sites for hydroxylation is 1. The minimum atomic E-state index is -0.0626. The molecule has 2 aliphatic rings. The summed E-state index contributed by atoms with van der Waals surface area (Å²) in [5.74, 6) is 1.41. The summed E-state index contributed by atoms with van der Waals surface area (Å²) in [7, 11) is 0. The lowest BCUT2D eigenvalue weighted by molar-refractivity contribution is -0.123. The number of thioether (sulfide) groups is 1. The average Bonchev–Trinajstić information content (AvgIpc) is 3.41. The first-order valence-electron chi connectivity index (χ1n) is 9.21. The molecule has 0 N–H and O–H groups in total. The van der Waals surface area contributed by atoms with Gasteiger partial charge in [0.05, 0.1) is 17.6 Å². The van der Waals surface area contributed by atoms with Crippen molar-refractivity contribution in [1.29, 1.82) is 0 Å². The molecule has 1 atom stereocenters. The number of benzene rings is 1. The Balaban J connectivity index is 1.53. The van der Waals surface area contributed by atoms with Gasteiger partial charge in [0.2, 0.25) is 0 Å². The highest BCUT2D eigenvalue weighted by Gasteiger charge is 2.34. The minimum absolute atomic E-state index is 0.0626. The lowest BCUT2D eigenvalue weighted by atomic mass is 10.0. The van der Waals surface area contributed by atoms with Crippen LogP contribution in [-0.4, -0.2) is 34.4 Å². The maximum atomic E-state index is 12.7. The molecule has 0 spiro atoms. The molecule has 1 amide bonds. The van der Waals surface area contributed by atoms with Crippen molar-refractivity contribution < 1.29 is 13.9 Å². The number of carbonyl (C=O) groups is 1. The van der Waals surface area contributed by atoms with Crippen molar-refractivity contribution in [3.63, 3.8) is 0 Å². The second-order valence-electron chi connectivity index (χ2n) is 6.64. The van der Waals surface area contributed by atoms with Gasteiger partial charge in [0.1, 0.15) is 15.8 Å². The zero-order chi connectivity index (χ0) is 18.8. The highest BCUT2D eigenvalue weighted by atomic mass is 32.2. The van der Waals surface area contributed by atoms with E-state index >= 15 is 0 Å². The van der Waals surface area contributed by atoms with E-state index in [1.807, 2.05) is 24.3 Å². The van der Waals surface area contributed by atoms with Gasteiger partial charge in [-0.1, -0.05) is 55.2 Å². The lowest BCUT2D eigenvalue weighted by Crippen LogP contribution is -2.35. The summed E-state index contributed by atoms with van der Waals surface area (Å²) in [5, 5.41) is 0. The van der Waals surface area contributed by atoms with Gasteiger partial charge in [0.15, 0.2) is 0 Å². The molecule has 3 heterocycles. The first-order valence-corrected chi connectivity index (χ1v) is 10.4. The molecule has 27 heavy (non-hydrogen) atoms. The van der Waals surface area contributed by atoms with Crippen LogP contribution in [0.4, 0.5) is 0 Å². The normalized spacial score (nSPS) is 21.6. The van der Waals surface area contributed by atoms with Crippen LogP contribution in [0, 0.1) is 0 Å². The Labute approximate surface area is 168 Å². The molecule has 2 fully saturated rings. The van der Waals surface area contributed by atoms with Gasteiger partial charge in [0, 0.05) is 18.2 Å². The number of furan rings is 1. The second-order valence-corrected chi connectivity index (χ2v) is 8.32. The molecule has 4 rings (SSSR count). The van der Waals surface area contributed by atoms with E-state index in [2.05, 4.69) is 19.1 Å². The Kier molecular flexibility index (Phi) is 5.48. The Morgan fingerprint density at radius 1 is 1.30 bits per heavy atom. The van der Waals surface area contributed by atoms with Gasteiger partial charge in [-0.05, 0) is 37.0 Å². The molecule has 0 bridgehead atoms. The molecule has 4 nitrogen and oxygen atoms in total. The van der Waals surface area contributed by atoms with Crippen molar-refractivity contribution in [2.45, 2.75) is 32.3 Å². The summed E-state index contributed by atoms with van der Waals surface area (Å²) in [6.07, 6.45) is 4.84. The quantitative estimate of drug-likeness (QED) is 0.529. The topological polar surface area (TPSA) is 42.7 Å².